The molecule has 0 amide bonds. The van der Waals surface area contributed by atoms with Gasteiger partial charge in [-0.05, 0) is 29.1 Å². The van der Waals surface area contributed by atoms with Gasteiger partial charge in [-0.15, -0.1) is 11.3 Å². The molecule has 0 aliphatic rings. The number of nitrogens with zero attached hydrogens (tertiary/aromatic N) is 2. The first kappa shape index (κ1) is 15.5. The summed E-state index contributed by atoms with van der Waals surface area (Å²) < 4.78 is 15.8. The number of aromatic amines is 1. The van der Waals surface area contributed by atoms with Gasteiger partial charge in [0.1, 0.15) is 5.67 Å². The van der Waals surface area contributed by atoms with Crippen LogP contribution in [-0.4, -0.2) is 15.4 Å². The fraction of sp³-hybridized carbons (Fsp3) is 0.200. The van der Waals surface area contributed by atoms with Crippen LogP contribution in [0.25, 0.3) is 0 Å². The van der Waals surface area contributed by atoms with Gasteiger partial charge in [-0.2, -0.15) is 15.4 Å². The third-order valence-corrected chi connectivity index (χ3v) is 5.06. The van der Waals surface area contributed by atoms with E-state index in [9.17, 15) is 0 Å². The Labute approximate surface area is 141 Å². The van der Waals surface area contributed by atoms with Crippen LogP contribution in [0.2, 0.25) is 10.0 Å². The van der Waals surface area contributed by atoms with Gasteiger partial charge in [0.2, 0.25) is 0 Å². The molecule has 0 saturated heterocycles. The molecule has 0 spiro atoms. The molecule has 0 radical (unpaired) electrons. The molecule has 2 aromatic heterocycles. The van der Waals surface area contributed by atoms with Crippen molar-refractivity contribution >= 4 is 34.5 Å². The Morgan fingerprint density at radius 3 is 2.50 bits per heavy atom. The molecular weight excluding hydrogens is 344 g/mol. The van der Waals surface area contributed by atoms with Gasteiger partial charge in [-0.1, -0.05) is 35.3 Å². The molecule has 1 atom stereocenters. The van der Waals surface area contributed by atoms with Gasteiger partial charge in [0.05, 0.1) is 16.9 Å². The van der Waals surface area contributed by atoms with Crippen LogP contribution in [-0.2, 0) is 18.5 Å². The second-order valence-corrected chi connectivity index (χ2v) is 6.82. The highest BCUT2D eigenvalue weighted by molar-refractivity contribution is 7.10. The van der Waals surface area contributed by atoms with E-state index in [1.54, 1.807) is 30.3 Å². The number of halogens is 3. The Kier molecular flexibility index (Phi) is 4.47. The smallest absolute Gasteiger partial charge is 0.146 e. The first-order valence-corrected chi connectivity index (χ1v) is 8.22. The second kappa shape index (κ2) is 6.36. The highest BCUT2D eigenvalue weighted by atomic mass is 35.5. The lowest BCUT2D eigenvalue weighted by Crippen LogP contribution is -2.26. The van der Waals surface area contributed by atoms with E-state index < -0.39 is 5.67 Å². The van der Waals surface area contributed by atoms with E-state index >= 15 is 4.39 Å². The summed E-state index contributed by atoms with van der Waals surface area (Å²) in [5.41, 5.74) is -0.523. The van der Waals surface area contributed by atoms with Crippen LogP contribution in [0.1, 0.15) is 16.1 Å². The maximum Gasteiger partial charge on any atom is 0.146 e. The zero-order valence-electron chi connectivity index (χ0n) is 11.4. The third-order valence-electron chi connectivity index (χ3n) is 3.42. The lowest BCUT2D eigenvalue weighted by molar-refractivity contribution is 0.163. The Morgan fingerprint density at radius 1 is 1.14 bits per heavy atom. The maximum absolute atomic E-state index is 15.8. The summed E-state index contributed by atoms with van der Waals surface area (Å²) in [6.07, 6.45) is 1.82. The number of benzene rings is 1. The Hall–Kier alpha value is -1.43. The standard InChI is InChI=1S/C15H12Cl2FN3S/c16-11-3-1-10(2-4-11)15(18,7-12-9-19-21-20-12)8-14-13(17)5-6-22-14/h1-6,9H,7-8H2,(H,19,20,21). The second-order valence-electron chi connectivity index (χ2n) is 4.98. The molecule has 7 heteroatoms. The van der Waals surface area contributed by atoms with Crippen LogP contribution < -0.4 is 0 Å². The molecular formula is C15H12Cl2FN3S. The minimum absolute atomic E-state index is 0.110. The van der Waals surface area contributed by atoms with Gasteiger partial charge >= 0.3 is 0 Å². The van der Waals surface area contributed by atoms with Crippen molar-refractivity contribution in [3.63, 3.8) is 0 Å². The van der Waals surface area contributed by atoms with Crippen molar-refractivity contribution in [3.05, 3.63) is 68.1 Å². The SMILES string of the molecule is FC(Cc1cn[nH]n1)(Cc1sccc1Cl)c1ccc(Cl)cc1. The van der Waals surface area contributed by atoms with E-state index in [4.69, 9.17) is 23.2 Å². The zero-order valence-corrected chi connectivity index (χ0v) is 13.7. The molecule has 1 unspecified atom stereocenters. The van der Waals surface area contributed by atoms with Crippen LogP contribution >= 0.6 is 34.5 Å². The highest BCUT2D eigenvalue weighted by Gasteiger charge is 2.34. The summed E-state index contributed by atoms with van der Waals surface area (Å²) in [5.74, 6) is 0. The number of alkyl halides is 1. The highest BCUT2D eigenvalue weighted by Crippen LogP contribution is 2.37. The normalized spacial score (nSPS) is 14.0. The van der Waals surface area contributed by atoms with Gasteiger partial charge in [-0.25, -0.2) is 4.39 Å². The van der Waals surface area contributed by atoms with Crippen LogP contribution in [0, 0.1) is 0 Å². The molecule has 3 nitrogen and oxygen atoms in total. The molecule has 0 aliphatic heterocycles. The minimum atomic E-state index is -1.63. The predicted octanol–water partition coefficient (Wildman–Crippen LogP) is 4.82. The van der Waals surface area contributed by atoms with E-state index in [2.05, 4.69) is 15.4 Å². The van der Waals surface area contributed by atoms with Gasteiger partial charge in [-0.3, -0.25) is 0 Å². The van der Waals surface area contributed by atoms with Gasteiger partial charge < -0.3 is 0 Å². The molecule has 0 aliphatic carbocycles. The Bertz CT molecular complexity index is 743. The fourth-order valence-corrected chi connectivity index (χ4v) is 3.64. The van der Waals surface area contributed by atoms with E-state index in [0.717, 1.165) is 4.88 Å². The first-order valence-electron chi connectivity index (χ1n) is 6.58. The van der Waals surface area contributed by atoms with E-state index in [0.29, 0.717) is 21.3 Å². The average Bonchev–Trinajstić information content (AvgIpc) is 3.12. The fourth-order valence-electron chi connectivity index (χ4n) is 2.32. The summed E-state index contributed by atoms with van der Waals surface area (Å²) in [7, 11) is 0. The molecule has 2 heterocycles. The Balaban J connectivity index is 1.97. The molecule has 0 fully saturated rings. The lowest BCUT2D eigenvalue weighted by atomic mass is 9.87. The van der Waals surface area contributed by atoms with Crippen molar-refractivity contribution in [2.75, 3.05) is 0 Å². The van der Waals surface area contributed by atoms with Crippen molar-refractivity contribution < 1.29 is 4.39 Å². The average molecular weight is 356 g/mol. The van der Waals surface area contributed by atoms with E-state index in [1.165, 1.54) is 17.5 Å². The molecule has 114 valence electrons. The molecule has 3 rings (SSSR count). The van der Waals surface area contributed by atoms with Gasteiger partial charge in [0.15, 0.2) is 0 Å². The van der Waals surface area contributed by atoms with Crippen molar-refractivity contribution in [1.29, 1.82) is 0 Å². The number of H-pyrrole nitrogens is 1. The number of nitrogens with one attached hydrogen (secondary N) is 1. The summed E-state index contributed by atoms with van der Waals surface area (Å²) in [4.78, 5) is 0.808. The number of hydrogen-bond donors (Lipinski definition) is 1. The summed E-state index contributed by atoms with van der Waals surface area (Å²) in [6.45, 7) is 0. The molecule has 3 aromatic rings. The van der Waals surface area contributed by atoms with E-state index in [1.807, 2.05) is 5.38 Å². The largest absolute Gasteiger partial charge is 0.238 e. The topological polar surface area (TPSA) is 41.6 Å². The van der Waals surface area contributed by atoms with Crippen LogP contribution in [0.3, 0.4) is 0 Å². The number of thiophene rings is 1. The quantitative estimate of drug-likeness (QED) is 0.712. The summed E-state index contributed by atoms with van der Waals surface area (Å²) in [6, 6.07) is 8.54. The van der Waals surface area contributed by atoms with Crippen molar-refractivity contribution in [3.8, 4) is 0 Å². The minimum Gasteiger partial charge on any atom is -0.238 e. The molecule has 0 bridgehead atoms. The van der Waals surface area contributed by atoms with Crippen LogP contribution in [0.4, 0.5) is 4.39 Å². The van der Waals surface area contributed by atoms with Crippen LogP contribution in [0.5, 0.6) is 0 Å². The number of aromatic nitrogens is 3. The van der Waals surface area contributed by atoms with E-state index in [-0.39, 0.29) is 12.8 Å². The third kappa shape index (κ3) is 3.32. The van der Waals surface area contributed by atoms with Crippen LogP contribution in [0.15, 0.2) is 41.9 Å². The number of hydrogen-bond acceptors (Lipinski definition) is 3. The van der Waals surface area contributed by atoms with Gasteiger partial charge in [0, 0.05) is 22.7 Å². The first-order chi connectivity index (χ1) is 10.6. The molecule has 1 N–H and O–H groups in total. The van der Waals surface area contributed by atoms with Crippen molar-refractivity contribution in [2.45, 2.75) is 18.5 Å². The monoisotopic (exact) mass is 355 g/mol. The summed E-state index contributed by atoms with van der Waals surface area (Å²) >= 11 is 13.5. The summed E-state index contributed by atoms with van der Waals surface area (Å²) in [5, 5.41) is 13.2. The Morgan fingerprint density at radius 2 is 1.91 bits per heavy atom. The number of rotatable bonds is 5. The van der Waals surface area contributed by atoms with Crippen molar-refractivity contribution in [2.24, 2.45) is 0 Å². The molecule has 22 heavy (non-hydrogen) atoms. The van der Waals surface area contributed by atoms with Crippen molar-refractivity contribution in [1.82, 2.24) is 15.4 Å². The lowest BCUT2D eigenvalue weighted by Gasteiger charge is -2.25. The predicted molar refractivity (Wildman–Crippen MR) is 87.4 cm³/mol. The van der Waals surface area contributed by atoms with Gasteiger partial charge in [0.25, 0.3) is 0 Å². The molecule has 0 saturated carbocycles. The maximum atomic E-state index is 15.8. The molecule has 1 aromatic carbocycles. The zero-order chi connectivity index (χ0) is 15.6.